The van der Waals surface area contributed by atoms with Gasteiger partial charge in [0.25, 0.3) is 5.56 Å². The number of carbonyl (C=O) groups excluding carboxylic acids is 1. The van der Waals surface area contributed by atoms with Gasteiger partial charge in [0, 0.05) is 11.6 Å². The Kier molecular flexibility index (Phi) is 6.29. The molecule has 6 nitrogen and oxygen atoms in total. The molecule has 2 aromatic rings. The SMILES string of the molecule is CCCn1c(O)c(C(=O)C(C)Oc2ccc(Cl)c(C)c2)c(C)c(C#N)c1=O. The molecule has 0 aliphatic carbocycles. The summed E-state index contributed by atoms with van der Waals surface area (Å²) in [5.74, 6) is -0.498. The zero-order valence-corrected chi connectivity index (χ0v) is 16.4. The molecule has 1 atom stereocenters. The number of hydrogen-bond donors (Lipinski definition) is 1. The third-order valence-corrected chi connectivity index (χ3v) is 4.73. The van der Waals surface area contributed by atoms with Crippen molar-refractivity contribution in [3.05, 3.63) is 55.8 Å². The van der Waals surface area contributed by atoms with Gasteiger partial charge in [-0.1, -0.05) is 18.5 Å². The molecule has 27 heavy (non-hydrogen) atoms. The average molecular weight is 389 g/mol. The molecule has 1 aromatic heterocycles. The molecule has 1 unspecified atom stereocenters. The summed E-state index contributed by atoms with van der Waals surface area (Å²) < 4.78 is 6.74. The largest absolute Gasteiger partial charge is 0.494 e. The normalized spacial score (nSPS) is 11.7. The fourth-order valence-corrected chi connectivity index (χ4v) is 2.95. The molecule has 0 bridgehead atoms. The van der Waals surface area contributed by atoms with Crippen LogP contribution < -0.4 is 10.3 Å². The summed E-state index contributed by atoms with van der Waals surface area (Å²) in [4.78, 5) is 25.3. The Morgan fingerprint density at radius 3 is 2.63 bits per heavy atom. The third-order valence-electron chi connectivity index (χ3n) is 4.31. The summed E-state index contributed by atoms with van der Waals surface area (Å²) in [6.07, 6.45) is -0.375. The van der Waals surface area contributed by atoms with Crippen LogP contribution in [0.15, 0.2) is 23.0 Å². The first-order chi connectivity index (χ1) is 12.7. The highest BCUT2D eigenvalue weighted by molar-refractivity contribution is 6.31. The highest BCUT2D eigenvalue weighted by Crippen LogP contribution is 2.26. The van der Waals surface area contributed by atoms with Crippen LogP contribution >= 0.6 is 11.6 Å². The van der Waals surface area contributed by atoms with E-state index < -0.39 is 23.3 Å². The maximum atomic E-state index is 12.9. The molecule has 0 aliphatic heterocycles. The van der Waals surface area contributed by atoms with Crippen molar-refractivity contribution in [1.29, 1.82) is 5.26 Å². The molecule has 1 N–H and O–H groups in total. The Bertz CT molecular complexity index is 989. The summed E-state index contributed by atoms with van der Waals surface area (Å²) in [6.45, 7) is 6.87. The number of ketones is 1. The van der Waals surface area contributed by atoms with Crippen molar-refractivity contribution in [2.45, 2.75) is 46.8 Å². The Morgan fingerprint density at radius 1 is 1.41 bits per heavy atom. The van der Waals surface area contributed by atoms with Crippen LogP contribution in [-0.2, 0) is 6.54 Å². The first kappa shape index (κ1) is 20.5. The minimum absolute atomic E-state index is 0.0715. The molecule has 1 heterocycles. The van der Waals surface area contributed by atoms with Gasteiger partial charge in [-0.2, -0.15) is 5.26 Å². The second kappa shape index (κ2) is 8.28. The zero-order valence-electron chi connectivity index (χ0n) is 15.7. The van der Waals surface area contributed by atoms with E-state index in [2.05, 4.69) is 0 Å². The molecule has 0 saturated carbocycles. The van der Waals surface area contributed by atoms with Gasteiger partial charge in [-0.15, -0.1) is 0 Å². The van der Waals surface area contributed by atoms with Gasteiger partial charge in [-0.3, -0.25) is 14.2 Å². The fourth-order valence-electron chi connectivity index (χ4n) is 2.83. The zero-order chi connectivity index (χ0) is 20.3. The van der Waals surface area contributed by atoms with Gasteiger partial charge < -0.3 is 9.84 Å². The van der Waals surface area contributed by atoms with E-state index in [1.807, 2.05) is 19.9 Å². The van der Waals surface area contributed by atoms with E-state index in [0.29, 0.717) is 17.2 Å². The predicted octanol–water partition coefficient (Wildman–Crippen LogP) is 3.76. The number of pyridine rings is 1. The van der Waals surface area contributed by atoms with E-state index >= 15 is 0 Å². The van der Waals surface area contributed by atoms with Gasteiger partial charge in [0.05, 0.1) is 5.56 Å². The highest BCUT2D eigenvalue weighted by Gasteiger charge is 2.28. The van der Waals surface area contributed by atoms with Crippen molar-refractivity contribution >= 4 is 17.4 Å². The number of aromatic nitrogens is 1. The van der Waals surface area contributed by atoms with Crippen LogP contribution in [0.5, 0.6) is 11.6 Å². The Labute approximate surface area is 162 Å². The van der Waals surface area contributed by atoms with Crippen molar-refractivity contribution in [3.8, 4) is 17.7 Å². The molecule has 0 fully saturated rings. The number of hydrogen-bond acceptors (Lipinski definition) is 5. The van der Waals surface area contributed by atoms with E-state index in [0.717, 1.165) is 10.1 Å². The predicted molar refractivity (Wildman–Crippen MR) is 103 cm³/mol. The smallest absolute Gasteiger partial charge is 0.271 e. The maximum Gasteiger partial charge on any atom is 0.271 e. The summed E-state index contributed by atoms with van der Waals surface area (Å²) in [5.41, 5.74) is 0.126. The topological polar surface area (TPSA) is 92.3 Å². The number of carbonyl (C=O) groups is 1. The number of nitrogens with zero attached hydrogens (tertiary/aromatic N) is 2. The molecule has 142 valence electrons. The van der Waals surface area contributed by atoms with E-state index in [1.54, 1.807) is 25.1 Å². The van der Waals surface area contributed by atoms with Crippen LogP contribution in [-0.4, -0.2) is 21.6 Å². The number of aromatic hydroxyl groups is 1. The maximum absolute atomic E-state index is 12.9. The number of rotatable bonds is 6. The average Bonchev–Trinajstić information content (AvgIpc) is 2.62. The van der Waals surface area contributed by atoms with Crippen molar-refractivity contribution in [2.75, 3.05) is 0 Å². The standard InChI is InChI=1S/C20H21ClN2O4/c1-5-8-23-19(25)15(10-22)12(3)17(20(23)26)18(24)13(4)27-14-6-7-16(21)11(2)9-14/h6-7,9,13,26H,5,8H2,1-4H3. The van der Waals surface area contributed by atoms with E-state index in [-0.39, 0.29) is 23.2 Å². The first-order valence-electron chi connectivity index (χ1n) is 8.56. The molecule has 1 aromatic carbocycles. The summed E-state index contributed by atoms with van der Waals surface area (Å²) in [5, 5.41) is 20.4. The fraction of sp³-hybridized carbons (Fsp3) is 0.350. The minimum Gasteiger partial charge on any atom is -0.494 e. The molecular weight excluding hydrogens is 368 g/mol. The Morgan fingerprint density at radius 2 is 2.07 bits per heavy atom. The van der Waals surface area contributed by atoms with Gasteiger partial charge >= 0.3 is 0 Å². The second-order valence-electron chi connectivity index (χ2n) is 6.30. The third kappa shape index (κ3) is 3.99. The lowest BCUT2D eigenvalue weighted by Crippen LogP contribution is -2.30. The van der Waals surface area contributed by atoms with Crippen LogP contribution in [0.3, 0.4) is 0 Å². The quantitative estimate of drug-likeness (QED) is 0.760. The Hall–Kier alpha value is -2.78. The second-order valence-corrected chi connectivity index (χ2v) is 6.71. The number of ether oxygens (including phenoxy) is 1. The number of Topliss-reactive ketones (excluding diaryl/α,β-unsaturated/α-hetero) is 1. The van der Waals surface area contributed by atoms with Crippen molar-refractivity contribution in [1.82, 2.24) is 4.57 Å². The molecule has 0 amide bonds. The highest BCUT2D eigenvalue weighted by atomic mass is 35.5. The van der Waals surface area contributed by atoms with E-state index in [1.165, 1.54) is 6.92 Å². The first-order valence-corrected chi connectivity index (χ1v) is 8.94. The van der Waals surface area contributed by atoms with Gasteiger partial charge in [0.1, 0.15) is 17.4 Å². The van der Waals surface area contributed by atoms with Crippen molar-refractivity contribution < 1.29 is 14.6 Å². The number of nitriles is 1. The molecule has 0 spiro atoms. The summed E-state index contributed by atoms with van der Waals surface area (Å²) >= 11 is 5.99. The molecular formula is C20H21ClN2O4. The van der Waals surface area contributed by atoms with Crippen molar-refractivity contribution in [2.24, 2.45) is 0 Å². The lowest BCUT2D eigenvalue weighted by Gasteiger charge is -2.19. The van der Waals surface area contributed by atoms with Gasteiger partial charge in [0.15, 0.2) is 6.10 Å². The molecule has 2 rings (SSSR count). The van der Waals surface area contributed by atoms with Crippen LogP contribution in [0.1, 0.15) is 47.3 Å². The van der Waals surface area contributed by atoms with E-state index in [9.17, 15) is 20.0 Å². The minimum atomic E-state index is -0.936. The monoisotopic (exact) mass is 388 g/mol. The molecule has 7 heteroatoms. The summed E-state index contributed by atoms with van der Waals surface area (Å²) in [7, 11) is 0. The van der Waals surface area contributed by atoms with Gasteiger partial charge in [0.2, 0.25) is 11.7 Å². The summed E-state index contributed by atoms with van der Waals surface area (Å²) in [6, 6.07) is 6.85. The van der Waals surface area contributed by atoms with Crippen LogP contribution in [0, 0.1) is 25.2 Å². The number of aryl methyl sites for hydroxylation is 1. The van der Waals surface area contributed by atoms with Gasteiger partial charge in [-0.25, -0.2) is 0 Å². The molecule has 0 radical (unpaired) electrons. The van der Waals surface area contributed by atoms with Crippen LogP contribution in [0.2, 0.25) is 5.02 Å². The lowest BCUT2D eigenvalue weighted by molar-refractivity contribution is 0.0812. The molecule has 0 saturated heterocycles. The van der Waals surface area contributed by atoms with E-state index in [4.69, 9.17) is 16.3 Å². The number of benzene rings is 1. The Balaban J connectivity index is 2.48. The van der Waals surface area contributed by atoms with Crippen molar-refractivity contribution in [3.63, 3.8) is 0 Å². The van der Waals surface area contributed by atoms with Crippen LogP contribution in [0.4, 0.5) is 0 Å². The molecule has 0 aliphatic rings. The van der Waals surface area contributed by atoms with Gasteiger partial charge in [-0.05, 0) is 56.5 Å². The van der Waals surface area contributed by atoms with Crippen LogP contribution in [0.25, 0.3) is 0 Å². The number of halogens is 1. The lowest BCUT2D eigenvalue weighted by atomic mass is 9.99.